The van der Waals surface area contributed by atoms with Gasteiger partial charge in [-0.3, -0.25) is 9.59 Å². The maximum Gasteiger partial charge on any atom is 0.225 e. The molecule has 1 aliphatic carbocycles. The second kappa shape index (κ2) is 6.40. The van der Waals surface area contributed by atoms with Crippen LogP contribution in [0.25, 0.3) is 0 Å². The van der Waals surface area contributed by atoms with Gasteiger partial charge in [0.05, 0.1) is 0 Å². The van der Waals surface area contributed by atoms with Gasteiger partial charge in [-0.05, 0) is 25.7 Å². The van der Waals surface area contributed by atoms with E-state index in [4.69, 9.17) is 0 Å². The van der Waals surface area contributed by atoms with Crippen molar-refractivity contribution in [3.63, 3.8) is 0 Å². The van der Waals surface area contributed by atoms with Crippen molar-refractivity contribution in [2.45, 2.75) is 46.0 Å². The van der Waals surface area contributed by atoms with Crippen LogP contribution < -0.4 is 0 Å². The van der Waals surface area contributed by atoms with Crippen molar-refractivity contribution in [2.75, 3.05) is 26.2 Å². The number of nitrogens with zero attached hydrogens (tertiary/aromatic N) is 2. The largest absolute Gasteiger partial charge is 0.339 e. The number of rotatable bonds is 4. The van der Waals surface area contributed by atoms with E-state index in [1.54, 1.807) is 0 Å². The summed E-state index contributed by atoms with van der Waals surface area (Å²) in [6.07, 6.45) is 5.15. The SMILES string of the molecule is CCC(CC)C(=O)N1CCN(C(=O)C2CCC2)CC1. The Hall–Kier alpha value is -1.06. The van der Waals surface area contributed by atoms with Crippen molar-refractivity contribution >= 4 is 11.8 Å². The Morgan fingerprint density at radius 3 is 1.95 bits per heavy atom. The summed E-state index contributed by atoms with van der Waals surface area (Å²) >= 11 is 0. The van der Waals surface area contributed by atoms with Gasteiger partial charge in [-0.15, -0.1) is 0 Å². The smallest absolute Gasteiger partial charge is 0.225 e. The summed E-state index contributed by atoms with van der Waals surface area (Å²) in [7, 11) is 0. The average Bonchev–Trinajstić information content (AvgIpc) is 2.38. The van der Waals surface area contributed by atoms with Gasteiger partial charge in [0.15, 0.2) is 0 Å². The molecule has 0 aromatic carbocycles. The normalized spacial score (nSPS) is 20.6. The first-order valence-electron chi connectivity index (χ1n) is 7.74. The van der Waals surface area contributed by atoms with E-state index in [0.29, 0.717) is 19.0 Å². The summed E-state index contributed by atoms with van der Waals surface area (Å²) in [5.41, 5.74) is 0. The minimum Gasteiger partial charge on any atom is -0.339 e. The summed E-state index contributed by atoms with van der Waals surface area (Å²) in [5, 5.41) is 0. The summed E-state index contributed by atoms with van der Waals surface area (Å²) in [6.45, 7) is 7.02. The number of carbonyl (C=O) groups is 2. The van der Waals surface area contributed by atoms with Gasteiger partial charge in [0, 0.05) is 38.0 Å². The first kappa shape index (κ1) is 14.4. The van der Waals surface area contributed by atoms with Crippen LogP contribution in [-0.4, -0.2) is 47.8 Å². The predicted molar refractivity (Wildman–Crippen MR) is 74.6 cm³/mol. The fourth-order valence-corrected chi connectivity index (χ4v) is 2.96. The fourth-order valence-electron chi connectivity index (χ4n) is 2.96. The Morgan fingerprint density at radius 1 is 1.00 bits per heavy atom. The summed E-state index contributed by atoms with van der Waals surface area (Å²) in [5.74, 6) is 1.04. The molecule has 2 fully saturated rings. The summed E-state index contributed by atoms with van der Waals surface area (Å²) in [6, 6.07) is 0. The molecule has 1 heterocycles. The fraction of sp³-hybridized carbons (Fsp3) is 0.867. The third-order valence-electron chi connectivity index (χ3n) is 4.69. The lowest BCUT2D eigenvalue weighted by Crippen LogP contribution is -2.53. The molecule has 0 N–H and O–H groups in total. The van der Waals surface area contributed by atoms with E-state index in [1.807, 2.05) is 9.80 Å². The molecule has 0 bridgehead atoms. The summed E-state index contributed by atoms with van der Waals surface area (Å²) in [4.78, 5) is 28.3. The standard InChI is InChI=1S/C15H26N2O2/c1-3-12(4-2)14(18)16-8-10-17(11-9-16)15(19)13-6-5-7-13/h12-13H,3-11H2,1-2H3. The van der Waals surface area contributed by atoms with E-state index in [0.717, 1.165) is 38.8 Å². The lowest BCUT2D eigenvalue weighted by Gasteiger charge is -2.39. The van der Waals surface area contributed by atoms with Crippen LogP contribution in [0.5, 0.6) is 0 Å². The van der Waals surface area contributed by atoms with Crippen LogP contribution in [0.2, 0.25) is 0 Å². The molecule has 1 aliphatic heterocycles. The number of piperazine rings is 1. The highest BCUT2D eigenvalue weighted by Crippen LogP contribution is 2.28. The lowest BCUT2D eigenvalue weighted by atomic mass is 9.84. The van der Waals surface area contributed by atoms with Gasteiger partial charge in [-0.1, -0.05) is 20.3 Å². The van der Waals surface area contributed by atoms with E-state index >= 15 is 0 Å². The van der Waals surface area contributed by atoms with Crippen molar-refractivity contribution in [3.8, 4) is 0 Å². The molecule has 108 valence electrons. The van der Waals surface area contributed by atoms with E-state index < -0.39 is 0 Å². The molecule has 0 aromatic heterocycles. The highest BCUT2D eigenvalue weighted by atomic mass is 16.2. The van der Waals surface area contributed by atoms with E-state index in [2.05, 4.69) is 13.8 Å². The number of amides is 2. The Bertz CT molecular complexity index is 327. The molecule has 2 amide bonds. The first-order chi connectivity index (χ1) is 9.17. The third-order valence-corrected chi connectivity index (χ3v) is 4.69. The molecule has 19 heavy (non-hydrogen) atoms. The summed E-state index contributed by atoms with van der Waals surface area (Å²) < 4.78 is 0. The topological polar surface area (TPSA) is 40.6 Å². The number of carbonyl (C=O) groups excluding carboxylic acids is 2. The van der Waals surface area contributed by atoms with Crippen molar-refractivity contribution in [2.24, 2.45) is 11.8 Å². The van der Waals surface area contributed by atoms with Crippen molar-refractivity contribution in [3.05, 3.63) is 0 Å². The maximum absolute atomic E-state index is 12.3. The van der Waals surface area contributed by atoms with E-state index in [1.165, 1.54) is 6.42 Å². The minimum absolute atomic E-state index is 0.161. The Labute approximate surface area is 116 Å². The van der Waals surface area contributed by atoms with Gasteiger partial charge < -0.3 is 9.80 Å². The predicted octanol–water partition coefficient (Wildman–Crippen LogP) is 1.89. The van der Waals surface area contributed by atoms with Crippen molar-refractivity contribution in [1.29, 1.82) is 0 Å². The van der Waals surface area contributed by atoms with Crippen LogP contribution in [0, 0.1) is 11.8 Å². The average molecular weight is 266 g/mol. The lowest BCUT2D eigenvalue weighted by molar-refractivity contribution is -0.145. The van der Waals surface area contributed by atoms with Gasteiger partial charge in [-0.25, -0.2) is 0 Å². The van der Waals surface area contributed by atoms with Gasteiger partial charge >= 0.3 is 0 Å². The van der Waals surface area contributed by atoms with Gasteiger partial charge in [-0.2, -0.15) is 0 Å². The molecule has 2 aliphatic rings. The zero-order valence-corrected chi connectivity index (χ0v) is 12.2. The molecule has 4 nitrogen and oxygen atoms in total. The molecule has 0 spiro atoms. The van der Waals surface area contributed by atoms with Crippen LogP contribution in [0.15, 0.2) is 0 Å². The monoisotopic (exact) mass is 266 g/mol. The van der Waals surface area contributed by atoms with Gasteiger partial charge in [0.25, 0.3) is 0 Å². The van der Waals surface area contributed by atoms with Gasteiger partial charge in [0.2, 0.25) is 11.8 Å². The van der Waals surface area contributed by atoms with E-state index in [9.17, 15) is 9.59 Å². The van der Waals surface area contributed by atoms with Crippen molar-refractivity contribution in [1.82, 2.24) is 9.80 Å². The Balaban J connectivity index is 1.81. The minimum atomic E-state index is 0.161. The molecule has 1 saturated carbocycles. The quantitative estimate of drug-likeness (QED) is 0.779. The molecule has 0 aromatic rings. The molecule has 4 heteroatoms. The van der Waals surface area contributed by atoms with Crippen LogP contribution in [-0.2, 0) is 9.59 Å². The molecule has 1 saturated heterocycles. The number of hydrogen-bond acceptors (Lipinski definition) is 2. The molecule has 2 rings (SSSR count). The second-order valence-electron chi connectivity index (χ2n) is 5.79. The first-order valence-corrected chi connectivity index (χ1v) is 7.74. The van der Waals surface area contributed by atoms with E-state index in [-0.39, 0.29) is 17.7 Å². The maximum atomic E-state index is 12.3. The molecule has 0 atom stereocenters. The second-order valence-corrected chi connectivity index (χ2v) is 5.79. The van der Waals surface area contributed by atoms with Crippen LogP contribution in [0.3, 0.4) is 0 Å². The molecule has 0 unspecified atom stereocenters. The van der Waals surface area contributed by atoms with Crippen LogP contribution in [0.4, 0.5) is 0 Å². The highest BCUT2D eigenvalue weighted by Gasteiger charge is 2.32. The highest BCUT2D eigenvalue weighted by molar-refractivity contribution is 5.81. The zero-order chi connectivity index (χ0) is 13.8. The Morgan fingerprint density at radius 2 is 1.53 bits per heavy atom. The third kappa shape index (κ3) is 3.10. The van der Waals surface area contributed by atoms with Crippen LogP contribution >= 0.6 is 0 Å². The molecular weight excluding hydrogens is 240 g/mol. The Kier molecular flexibility index (Phi) is 4.83. The molecular formula is C15H26N2O2. The van der Waals surface area contributed by atoms with Gasteiger partial charge in [0.1, 0.15) is 0 Å². The zero-order valence-electron chi connectivity index (χ0n) is 12.2. The van der Waals surface area contributed by atoms with Crippen molar-refractivity contribution < 1.29 is 9.59 Å². The van der Waals surface area contributed by atoms with Crippen LogP contribution in [0.1, 0.15) is 46.0 Å². The number of hydrogen-bond donors (Lipinski definition) is 0. The molecule has 0 radical (unpaired) electrons.